The van der Waals surface area contributed by atoms with Gasteiger partial charge in [-0.2, -0.15) is 5.10 Å². The first-order chi connectivity index (χ1) is 8.99. The van der Waals surface area contributed by atoms with Crippen molar-refractivity contribution in [2.24, 2.45) is 0 Å². The van der Waals surface area contributed by atoms with Gasteiger partial charge in [-0.15, -0.1) is 0 Å². The first-order valence-corrected chi connectivity index (χ1v) is 6.95. The number of hydrogen-bond donors (Lipinski definition) is 0. The lowest BCUT2D eigenvalue weighted by atomic mass is 9.89. The quantitative estimate of drug-likeness (QED) is 0.807. The molecule has 1 atom stereocenters. The van der Waals surface area contributed by atoms with Gasteiger partial charge in [-0.05, 0) is 5.41 Å². The second-order valence-corrected chi connectivity index (χ2v) is 6.57. The standard InChI is InChI=1S/C14H23N3O2/c1-14(2,3)12-5-15-17-6-10(9-19-13(12)17)16-7-11(8-16)18-4/h5,10-11H,6-9H2,1-4H3/t10-/m1/s1. The summed E-state index contributed by atoms with van der Waals surface area (Å²) >= 11 is 0. The summed E-state index contributed by atoms with van der Waals surface area (Å²) in [6.07, 6.45) is 2.34. The maximum absolute atomic E-state index is 5.98. The molecule has 2 aliphatic heterocycles. The van der Waals surface area contributed by atoms with E-state index in [2.05, 4.69) is 30.8 Å². The lowest BCUT2D eigenvalue weighted by Gasteiger charge is -2.44. The molecule has 0 amide bonds. The van der Waals surface area contributed by atoms with E-state index < -0.39 is 0 Å². The van der Waals surface area contributed by atoms with Crippen molar-refractivity contribution < 1.29 is 9.47 Å². The Balaban J connectivity index is 1.70. The Kier molecular flexibility index (Phi) is 3.06. The summed E-state index contributed by atoms with van der Waals surface area (Å²) in [4.78, 5) is 2.41. The van der Waals surface area contributed by atoms with E-state index in [0.29, 0.717) is 12.1 Å². The van der Waals surface area contributed by atoms with Crippen LogP contribution >= 0.6 is 0 Å². The zero-order valence-electron chi connectivity index (χ0n) is 12.2. The van der Waals surface area contributed by atoms with Crippen molar-refractivity contribution in [3.8, 4) is 5.88 Å². The highest BCUT2D eigenvalue weighted by molar-refractivity contribution is 5.32. The first kappa shape index (κ1) is 12.9. The Labute approximate surface area is 114 Å². The highest BCUT2D eigenvalue weighted by Crippen LogP contribution is 2.34. The van der Waals surface area contributed by atoms with E-state index in [4.69, 9.17) is 9.47 Å². The number of likely N-dealkylation sites (tertiary alicyclic amines) is 1. The molecule has 1 fully saturated rings. The van der Waals surface area contributed by atoms with Crippen LogP contribution in [0.1, 0.15) is 26.3 Å². The predicted octanol–water partition coefficient (Wildman–Crippen LogP) is 1.27. The molecule has 0 radical (unpaired) electrons. The van der Waals surface area contributed by atoms with Crippen LogP contribution in [0.5, 0.6) is 5.88 Å². The number of ether oxygens (including phenoxy) is 2. The summed E-state index contributed by atoms with van der Waals surface area (Å²) < 4.78 is 13.3. The highest BCUT2D eigenvalue weighted by Gasteiger charge is 2.36. The van der Waals surface area contributed by atoms with Gasteiger partial charge in [0, 0.05) is 25.8 Å². The average Bonchev–Trinajstić information content (AvgIpc) is 2.70. The van der Waals surface area contributed by atoms with Crippen LogP contribution < -0.4 is 4.74 Å². The van der Waals surface area contributed by atoms with Crippen molar-refractivity contribution in [2.75, 3.05) is 26.8 Å². The topological polar surface area (TPSA) is 39.5 Å². The molecule has 5 heteroatoms. The van der Waals surface area contributed by atoms with Gasteiger partial charge in [-0.25, -0.2) is 4.68 Å². The van der Waals surface area contributed by atoms with Crippen molar-refractivity contribution in [3.63, 3.8) is 0 Å². The predicted molar refractivity (Wildman–Crippen MR) is 72.6 cm³/mol. The van der Waals surface area contributed by atoms with Crippen molar-refractivity contribution in [2.45, 2.75) is 44.9 Å². The maximum atomic E-state index is 5.98. The average molecular weight is 265 g/mol. The van der Waals surface area contributed by atoms with Crippen LogP contribution in [0.2, 0.25) is 0 Å². The summed E-state index contributed by atoms with van der Waals surface area (Å²) in [6.45, 7) is 10.3. The zero-order valence-corrected chi connectivity index (χ0v) is 12.2. The fourth-order valence-electron chi connectivity index (χ4n) is 2.74. The normalized spacial score (nSPS) is 24.7. The third kappa shape index (κ3) is 2.25. The Morgan fingerprint density at radius 3 is 2.68 bits per heavy atom. The number of nitrogens with zero attached hydrogens (tertiary/aromatic N) is 3. The van der Waals surface area contributed by atoms with Gasteiger partial charge in [0.25, 0.3) is 0 Å². The number of aromatic nitrogens is 2. The van der Waals surface area contributed by atoms with Crippen LogP contribution in [0.4, 0.5) is 0 Å². The molecule has 2 aliphatic rings. The summed E-state index contributed by atoms with van der Waals surface area (Å²) in [5.41, 5.74) is 1.28. The second kappa shape index (κ2) is 4.49. The number of rotatable bonds is 2. The molecule has 5 nitrogen and oxygen atoms in total. The molecule has 0 N–H and O–H groups in total. The highest BCUT2D eigenvalue weighted by atomic mass is 16.5. The Morgan fingerprint density at radius 2 is 2.05 bits per heavy atom. The van der Waals surface area contributed by atoms with Crippen molar-refractivity contribution >= 4 is 0 Å². The molecule has 3 heterocycles. The molecule has 1 aromatic rings. The monoisotopic (exact) mass is 265 g/mol. The fraction of sp³-hybridized carbons (Fsp3) is 0.786. The molecule has 19 heavy (non-hydrogen) atoms. The molecule has 106 valence electrons. The van der Waals surface area contributed by atoms with Crippen LogP contribution in [0.25, 0.3) is 0 Å². The van der Waals surface area contributed by atoms with Crippen molar-refractivity contribution in [3.05, 3.63) is 11.8 Å². The van der Waals surface area contributed by atoms with Crippen molar-refractivity contribution in [1.82, 2.24) is 14.7 Å². The summed E-state index contributed by atoms with van der Waals surface area (Å²) in [7, 11) is 1.78. The summed E-state index contributed by atoms with van der Waals surface area (Å²) in [5, 5.41) is 4.49. The van der Waals surface area contributed by atoms with Crippen LogP contribution in [-0.2, 0) is 16.7 Å². The molecule has 0 bridgehead atoms. The van der Waals surface area contributed by atoms with Crippen LogP contribution in [0, 0.1) is 0 Å². The first-order valence-electron chi connectivity index (χ1n) is 6.95. The molecule has 0 unspecified atom stereocenters. The van der Waals surface area contributed by atoms with E-state index in [1.165, 1.54) is 5.56 Å². The van der Waals surface area contributed by atoms with Crippen LogP contribution in [-0.4, -0.2) is 53.6 Å². The third-order valence-electron chi connectivity index (χ3n) is 4.12. The minimum atomic E-state index is 0.0817. The smallest absolute Gasteiger partial charge is 0.215 e. The molecular weight excluding hydrogens is 242 g/mol. The molecule has 0 aliphatic carbocycles. The molecule has 0 spiro atoms. The summed E-state index contributed by atoms with van der Waals surface area (Å²) in [5.74, 6) is 0.951. The van der Waals surface area contributed by atoms with Crippen LogP contribution in [0.3, 0.4) is 0 Å². The van der Waals surface area contributed by atoms with Crippen LogP contribution in [0.15, 0.2) is 6.20 Å². The maximum Gasteiger partial charge on any atom is 0.215 e. The van der Waals surface area contributed by atoms with E-state index in [1.807, 2.05) is 10.9 Å². The number of fused-ring (bicyclic) bond motifs is 1. The summed E-state index contributed by atoms with van der Waals surface area (Å²) in [6, 6.07) is 0.423. The molecule has 1 saturated heterocycles. The van der Waals surface area contributed by atoms with E-state index in [1.54, 1.807) is 7.11 Å². The van der Waals surface area contributed by atoms with Gasteiger partial charge in [0.05, 0.1) is 24.9 Å². The Hall–Kier alpha value is -1.07. The minimum absolute atomic E-state index is 0.0817. The number of methoxy groups -OCH3 is 1. The largest absolute Gasteiger partial charge is 0.476 e. The Morgan fingerprint density at radius 1 is 1.32 bits per heavy atom. The van der Waals surface area contributed by atoms with Gasteiger partial charge in [-0.3, -0.25) is 4.90 Å². The van der Waals surface area contributed by atoms with Gasteiger partial charge in [0.2, 0.25) is 5.88 Å². The van der Waals surface area contributed by atoms with Gasteiger partial charge in [-0.1, -0.05) is 20.8 Å². The van der Waals surface area contributed by atoms with Gasteiger partial charge >= 0.3 is 0 Å². The molecule has 0 aromatic carbocycles. The van der Waals surface area contributed by atoms with E-state index >= 15 is 0 Å². The zero-order chi connectivity index (χ0) is 13.6. The van der Waals surface area contributed by atoms with Gasteiger partial charge in [0.15, 0.2) is 0 Å². The van der Waals surface area contributed by atoms with Gasteiger partial charge in [0.1, 0.15) is 6.61 Å². The van der Waals surface area contributed by atoms with Crippen molar-refractivity contribution in [1.29, 1.82) is 0 Å². The van der Waals surface area contributed by atoms with E-state index in [9.17, 15) is 0 Å². The molecule has 1 aromatic heterocycles. The molecular formula is C14H23N3O2. The third-order valence-corrected chi connectivity index (χ3v) is 4.12. The SMILES string of the molecule is COC1CN([C@H]2COc3c(C(C)(C)C)cnn3C2)C1. The van der Waals surface area contributed by atoms with E-state index in [-0.39, 0.29) is 5.41 Å². The lowest BCUT2D eigenvalue weighted by molar-refractivity contribution is -0.0685. The molecule has 3 rings (SSSR count). The van der Waals surface area contributed by atoms with E-state index in [0.717, 1.165) is 32.1 Å². The van der Waals surface area contributed by atoms with Gasteiger partial charge < -0.3 is 9.47 Å². The second-order valence-electron chi connectivity index (χ2n) is 6.57. The molecule has 0 saturated carbocycles. The minimum Gasteiger partial charge on any atom is -0.476 e. The fourth-order valence-corrected chi connectivity index (χ4v) is 2.74. The lowest BCUT2D eigenvalue weighted by Crippen LogP contribution is -2.59. The number of hydrogen-bond acceptors (Lipinski definition) is 4. The Bertz CT molecular complexity index is 458.